The Balaban J connectivity index is 1.23. The van der Waals surface area contributed by atoms with Crippen molar-refractivity contribution in [3.05, 3.63) is 53.5 Å². The number of hydrogen-bond donors (Lipinski definition) is 3. The molecule has 184 valence electrons. The second kappa shape index (κ2) is 10.8. The molecule has 11 heteroatoms. The molecule has 2 aromatic rings. The number of nitrogens with zero attached hydrogens (tertiary/aromatic N) is 4. The predicted molar refractivity (Wildman–Crippen MR) is 129 cm³/mol. The molecule has 1 amide bonds. The number of hydrogen-bond acceptors (Lipinski definition) is 8. The Morgan fingerprint density at radius 1 is 1.18 bits per heavy atom. The van der Waals surface area contributed by atoms with Gasteiger partial charge in [0.15, 0.2) is 0 Å². The summed E-state index contributed by atoms with van der Waals surface area (Å²) in [6, 6.07) is 9.99. The molecule has 4 rings (SSSR count). The molecular weight excluding hydrogens is 456 g/mol. The van der Waals surface area contributed by atoms with Crippen molar-refractivity contribution in [2.24, 2.45) is 0 Å². The first-order chi connectivity index (χ1) is 16.3. The number of aromatic nitrogens is 2. The van der Waals surface area contributed by atoms with E-state index in [9.17, 15) is 18.3 Å². The van der Waals surface area contributed by atoms with Gasteiger partial charge in [0.1, 0.15) is 17.8 Å². The van der Waals surface area contributed by atoms with Crippen LogP contribution in [0.2, 0.25) is 0 Å². The van der Waals surface area contributed by atoms with Gasteiger partial charge in [-0.2, -0.15) is 0 Å². The van der Waals surface area contributed by atoms with E-state index in [1.165, 1.54) is 28.0 Å². The van der Waals surface area contributed by atoms with Gasteiger partial charge in [-0.05, 0) is 30.4 Å². The molecule has 1 aromatic heterocycles. The highest BCUT2D eigenvalue weighted by molar-refractivity contribution is 7.88. The zero-order valence-electron chi connectivity index (χ0n) is 19.4. The fraction of sp³-hybridized carbons (Fsp3) is 0.522. The Morgan fingerprint density at radius 2 is 1.91 bits per heavy atom. The summed E-state index contributed by atoms with van der Waals surface area (Å²) in [7, 11) is -3.17. The van der Waals surface area contributed by atoms with Crippen molar-refractivity contribution in [1.82, 2.24) is 24.5 Å². The molecule has 34 heavy (non-hydrogen) atoms. The molecule has 10 nitrogen and oxygen atoms in total. The van der Waals surface area contributed by atoms with Gasteiger partial charge in [0.05, 0.1) is 12.4 Å². The lowest BCUT2D eigenvalue weighted by Crippen LogP contribution is -2.42. The Hall–Kier alpha value is -2.60. The third-order valence-electron chi connectivity index (χ3n) is 6.35. The number of aliphatic hydroxyl groups is 1. The van der Waals surface area contributed by atoms with Crippen LogP contribution in [0.4, 0.5) is 5.82 Å². The van der Waals surface area contributed by atoms with Crippen molar-refractivity contribution in [3.63, 3.8) is 0 Å². The van der Waals surface area contributed by atoms with Crippen LogP contribution in [-0.2, 0) is 23.0 Å². The van der Waals surface area contributed by atoms with E-state index in [2.05, 4.69) is 43.7 Å². The van der Waals surface area contributed by atoms with Crippen molar-refractivity contribution in [2.45, 2.75) is 38.0 Å². The zero-order chi connectivity index (χ0) is 24.1. The number of anilines is 1. The van der Waals surface area contributed by atoms with Crippen molar-refractivity contribution in [2.75, 3.05) is 44.3 Å². The molecule has 1 saturated heterocycles. The molecule has 0 unspecified atom stereocenters. The van der Waals surface area contributed by atoms with Crippen LogP contribution in [-0.4, -0.2) is 89.7 Å². The number of aliphatic hydroxyl groups excluding tert-OH is 1. The minimum Gasteiger partial charge on any atom is -0.390 e. The van der Waals surface area contributed by atoms with Crippen LogP contribution in [0.1, 0.15) is 34.5 Å². The number of carbonyl (C=O) groups is 1. The standard InChI is InChI=1S/C23H32N6O4S/c1-34(32,33)29-10-7-19(8-11-29)27-22-12-21(25-16-26-22)23(31)24-13-20(30)15-28-9-6-17-4-2-3-5-18(17)14-28/h2-5,12,16,19-20,30H,6-11,13-15H2,1H3,(H,24,31)(H,25,26,27)/t20-/m0/s1. The number of carbonyl (C=O) groups excluding carboxylic acids is 1. The Morgan fingerprint density at radius 3 is 2.65 bits per heavy atom. The molecule has 1 fully saturated rings. The van der Waals surface area contributed by atoms with E-state index >= 15 is 0 Å². The van der Waals surface area contributed by atoms with E-state index < -0.39 is 16.1 Å². The summed E-state index contributed by atoms with van der Waals surface area (Å²) >= 11 is 0. The molecule has 0 bridgehead atoms. The third kappa shape index (κ3) is 6.50. The van der Waals surface area contributed by atoms with Crippen LogP contribution >= 0.6 is 0 Å². The highest BCUT2D eigenvalue weighted by Gasteiger charge is 2.25. The molecule has 3 heterocycles. The van der Waals surface area contributed by atoms with Crippen molar-refractivity contribution < 1.29 is 18.3 Å². The minimum atomic E-state index is -3.17. The van der Waals surface area contributed by atoms with Gasteiger partial charge in [0.2, 0.25) is 10.0 Å². The fourth-order valence-electron chi connectivity index (χ4n) is 4.47. The highest BCUT2D eigenvalue weighted by Crippen LogP contribution is 2.19. The first-order valence-electron chi connectivity index (χ1n) is 11.6. The molecule has 1 aromatic carbocycles. The van der Waals surface area contributed by atoms with Gasteiger partial charge in [0, 0.05) is 51.4 Å². The Bertz CT molecular complexity index is 1100. The molecule has 0 aliphatic carbocycles. The molecule has 2 aliphatic heterocycles. The van der Waals surface area contributed by atoms with Gasteiger partial charge in [-0.25, -0.2) is 22.7 Å². The molecule has 2 aliphatic rings. The predicted octanol–water partition coefficient (Wildman–Crippen LogP) is 0.462. The van der Waals surface area contributed by atoms with E-state index in [0.29, 0.717) is 38.3 Å². The van der Waals surface area contributed by atoms with Crippen molar-refractivity contribution in [1.29, 1.82) is 0 Å². The van der Waals surface area contributed by atoms with Crippen LogP contribution in [0, 0.1) is 0 Å². The molecule has 0 spiro atoms. The maximum Gasteiger partial charge on any atom is 0.270 e. The zero-order valence-corrected chi connectivity index (χ0v) is 20.2. The summed E-state index contributed by atoms with van der Waals surface area (Å²) in [4.78, 5) is 23.0. The van der Waals surface area contributed by atoms with E-state index in [-0.39, 0.29) is 24.2 Å². The molecule has 0 saturated carbocycles. The SMILES string of the molecule is CS(=O)(=O)N1CCC(Nc2cc(C(=O)NC[C@H](O)CN3CCc4ccccc4C3)ncn2)CC1. The average Bonchev–Trinajstić information content (AvgIpc) is 2.82. The summed E-state index contributed by atoms with van der Waals surface area (Å²) in [6.07, 6.45) is 4.13. The second-order valence-electron chi connectivity index (χ2n) is 8.99. The molecule has 0 radical (unpaired) electrons. The minimum absolute atomic E-state index is 0.0697. The lowest BCUT2D eigenvalue weighted by Gasteiger charge is -2.30. The maximum absolute atomic E-state index is 12.6. The largest absolute Gasteiger partial charge is 0.390 e. The normalized spacial score (nSPS) is 18.8. The summed E-state index contributed by atoms with van der Waals surface area (Å²) in [5.74, 6) is 0.144. The van der Waals surface area contributed by atoms with Gasteiger partial charge in [-0.15, -0.1) is 0 Å². The summed E-state index contributed by atoms with van der Waals surface area (Å²) < 4.78 is 24.8. The van der Waals surface area contributed by atoms with Crippen molar-refractivity contribution in [3.8, 4) is 0 Å². The Kier molecular flexibility index (Phi) is 7.77. The smallest absolute Gasteiger partial charge is 0.270 e. The summed E-state index contributed by atoms with van der Waals surface area (Å²) in [6.45, 7) is 3.20. The lowest BCUT2D eigenvalue weighted by atomic mass is 10.00. The van der Waals surface area contributed by atoms with Crippen LogP contribution in [0.3, 0.4) is 0 Å². The van der Waals surface area contributed by atoms with Gasteiger partial charge in [-0.1, -0.05) is 24.3 Å². The van der Waals surface area contributed by atoms with Crippen molar-refractivity contribution >= 4 is 21.7 Å². The highest BCUT2D eigenvalue weighted by atomic mass is 32.2. The first-order valence-corrected chi connectivity index (χ1v) is 13.4. The van der Waals surface area contributed by atoms with Crippen LogP contribution < -0.4 is 10.6 Å². The number of nitrogens with one attached hydrogen (secondary N) is 2. The summed E-state index contributed by atoms with van der Waals surface area (Å²) in [5.41, 5.74) is 2.86. The maximum atomic E-state index is 12.6. The number of fused-ring (bicyclic) bond motifs is 1. The Labute approximate surface area is 200 Å². The van der Waals surface area contributed by atoms with E-state index in [1.54, 1.807) is 6.07 Å². The monoisotopic (exact) mass is 488 g/mol. The van der Waals surface area contributed by atoms with Crippen LogP contribution in [0.5, 0.6) is 0 Å². The first kappa shape index (κ1) is 24.5. The van der Waals surface area contributed by atoms with Gasteiger partial charge in [0.25, 0.3) is 5.91 Å². The lowest BCUT2D eigenvalue weighted by molar-refractivity contribution is 0.0838. The van der Waals surface area contributed by atoms with E-state index in [4.69, 9.17) is 0 Å². The number of β-amino-alcohol motifs (C(OH)–C–C–N with tert-alkyl or cyclic N) is 1. The van der Waals surface area contributed by atoms with Gasteiger partial charge >= 0.3 is 0 Å². The van der Waals surface area contributed by atoms with Crippen LogP contribution in [0.15, 0.2) is 36.7 Å². The van der Waals surface area contributed by atoms with Gasteiger partial charge < -0.3 is 15.7 Å². The summed E-state index contributed by atoms with van der Waals surface area (Å²) in [5, 5.41) is 16.5. The molecule has 1 atom stereocenters. The van der Waals surface area contributed by atoms with E-state index in [0.717, 1.165) is 19.5 Å². The quantitative estimate of drug-likeness (QED) is 0.489. The average molecular weight is 489 g/mol. The van der Waals surface area contributed by atoms with Gasteiger partial charge in [-0.3, -0.25) is 9.69 Å². The number of piperidine rings is 1. The molecule has 3 N–H and O–H groups in total. The fourth-order valence-corrected chi connectivity index (χ4v) is 5.35. The molecular formula is C23H32N6O4S. The second-order valence-corrected chi connectivity index (χ2v) is 11.0. The number of benzene rings is 1. The van der Waals surface area contributed by atoms with E-state index in [1.807, 2.05) is 6.07 Å². The number of sulfonamides is 1. The topological polar surface area (TPSA) is 128 Å². The third-order valence-corrected chi connectivity index (χ3v) is 7.65. The van der Waals surface area contributed by atoms with Crippen LogP contribution in [0.25, 0.3) is 0 Å². The number of rotatable bonds is 8. The number of amides is 1.